The Balaban J connectivity index is 1.40. The molecule has 1 N–H and O–H groups in total. The maximum absolute atomic E-state index is 12.4. The Kier molecular flexibility index (Phi) is 6.44. The Morgan fingerprint density at radius 1 is 1.27 bits per heavy atom. The summed E-state index contributed by atoms with van der Waals surface area (Å²) in [6, 6.07) is 7.98. The van der Waals surface area contributed by atoms with E-state index >= 15 is 0 Å². The minimum absolute atomic E-state index is 0.0310. The molecule has 0 unspecified atom stereocenters. The molecule has 0 bridgehead atoms. The van der Waals surface area contributed by atoms with Crippen LogP contribution in [0.25, 0.3) is 0 Å². The van der Waals surface area contributed by atoms with Crippen molar-refractivity contribution in [3.05, 3.63) is 39.8 Å². The van der Waals surface area contributed by atoms with Crippen molar-refractivity contribution in [3.8, 4) is 5.75 Å². The van der Waals surface area contributed by atoms with Gasteiger partial charge in [-0.05, 0) is 43.4 Å². The minimum atomic E-state index is 0.0310. The fourth-order valence-corrected chi connectivity index (χ4v) is 4.07. The van der Waals surface area contributed by atoms with Gasteiger partial charge in [0.1, 0.15) is 15.8 Å². The number of amides is 2. The third-order valence-corrected chi connectivity index (χ3v) is 6.00. The molecule has 140 valence electrons. The fraction of sp³-hybridized carbons (Fsp3) is 0.526. The Hall–Kier alpha value is -2.15. The SMILES string of the molecule is CCc1nnc(C2CCN(C(=O)NCCc3ccc(OC)cc3)CC2)s1. The highest BCUT2D eigenvalue weighted by atomic mass is 32.1. The smallest absolute Gasteiger partial charge is 0.317 e. The summed E-state index contributed by atoms with van der Waals surface area (Å²) in [7, 11) is 1.66. The van der Waals surface area contributed by atoms with E-state index in [1.165, 1.54) is 5.56 Å². The first-order valence-electron chi connectivity index (χ1n) is 9.17. The lowest BCUT2D eigenvalue weighted by Gasteiger charge is -2.31. The highest BCUT2D eigenvalue weighted by Gasteiger charge is 2.25. The third-order valence-electron chi connectivity index (χ3n) is 4.77. The van der Waals surface area contributed by atoms with Gasteiger partial charge in [-0.2, -0.15) is 0 Å². The molecule has 0 radical (unpaired) electrons. The van der Waals surface area contributed by atoms with Gasteiger partial charge in [-0.1, -0.05) is 19.1 Å². The van der Waals surface area contributed by atoms with Crippen LogP contribution in [0.2, 0.25) is 0 Å². The van der Waals surface area contributed by atoms with Crippen LogP contribution in [0, 0.1) is 0 Å². The van der Waals surface area contributed by atoms with Crippen LogP contribution in [0.15, 0.2) is 24.3 Å². The second-order valence-corrected chi connectivity index (χ2v) is 7.57. The average Bonchev–Trinajstić information content (AvgIpc) is 3.18. The zero-order valence-electron chi connectivity index (χ0n) is 15.4. The van der Waals surface area contributed by atoms with Gasteiger partial charge in [0.05, 0.1) is 7.11 Å². The van der Waals surface area contributed by atoms with Crippen LogP contribution in [0.4, 0.5) is 4.79 Å². The molecule has 1 aliphatic heterocycles. The fourth-order valence-electron chi connectivity index (χ4n) is 3.12. The van der Waals surface area contributed by atoms with Crippen molar-refractivity contribution in [2.45, 2.75) is 38.5 Å². The quantitative estimate of drug-likeness (QED) is 0.843. The van der Waals surface area contributed by atoms with Crippen molar-refractivity contribution in [1.29, 1.82) is 0 Å². The number of nitrogens with zero attached hydrogens (tertiary/aromatic N) is 3. The van der Waals surface area contributed by atoms with E-state index in [1.54, 1.807) is 18.4 Å². The number of nitrogens with one attached hydrogen (secondary N) is 1. The molecule has 3 rings (SSSR count). The minimum Gasteiger partial charge on any atom is -0.497 e. The summed E-state index contributed by atoms with van der Waals surface area (Å²) < 4.78 is 5.16. The van der Waals surface area contributed by atoms with Gasteiger partial charge in [-0.15, -0.1) is 21.5 Å². The zero-order valence-corrected chi connectivity index (χ0v) is 16.2. The predicted molar refractivity (Wildman–Crippen MR) is 103 cm³/mol. The van der Waals surface area contributed by atoms with E-state index in [-0.39, 0.29) is 6.03 Å². The summed E-state index contributed by atoms with van der Waals surface area (Å²) in [6.45, 7) is 4.30. The summed E-state index contributed by atoms with van der Waals surface area (Å²) in [6.07, 6.45) is 3.68. The molecule has 0 aliphatic carbocycles. The summed E-state index contributed by atoms with van der Waals surface area (Å²) in [5, 5.41) is 13.8. The Labute approximate surface area is 158 Å². The number of ether oxygens (including phenoxy) is 1. The van der Waals surface area contributed by atoms with E-state index in [9.17, 15) is 4.79 Å². The van der Waals surface area contributed by atoms with Crippen LogP contribution in [-0.4, -0.2) is 47.9 Å². The lowest BCUT2D eigenvalue weighted by molar-refractivity contribution is 0.181. The van der Waals surface area contributed by atoms with Gasteiger partial charge < -0.3 is 15.0 Å². The van der Waals surface area contributed by atoms with Crippen LogP contribution in [0.5, 0.6) is 5.75 Å². The first-order chi connectivity index (χ1) is 12.7. The maximum atomic E-state index is 12.4. The van der Waals surface area contributed by atoms with Crippen LogP contribution in [0.3, 0.4) is 0 Å². The molecular formula is C19H26N4O2S. The second-order valence-electron chi connectivity index (χ2n) is 6.48. The molecule has 1 fully saturated rings. The van der Waals surface area contributed by atoms with Gasteiger partial charge in [-0.25, -0.2) is 4.79 Å². The van der Waals surface area contributed by atoms with Crippen LogP contribution >= 0.6 is 11.3 Å². The molecule has 2 heterocycles. The molecule has 0 spiro atoms. The number of aryl methyl sites for hydroxylation is 1. The van der Waals surface area contributed by atoms with Crippen molar-refractivity contribution >= 4 is 17.4 Å². The average molecular weight is 375 g/mol. The van der Waals surface area contributed by atoms with Crippen LogP contribution in [0.1, 0.15) is 41.3 Å². The number of likely N-dealkylation sites (tertiary alicyclic amines) is 1. The Bertz CT molecular complexity index is 709. The summed E-state index contributed by atoms with van der Waals surface area (Å²) in [5.74, 6) is 1.29. The molecule has 1 aliphatic rings. The van der Waals surface area contributed by atoms with Gasteiger partial charge in [0.15, 0.2) is 0 Å². The number of benzene rings is 1. The largest absolute Gasteiger partial charge is 0.497 e. The number of methoxy groups -OCH3 is 1. The van der Waals surface area contributed by atoms with Gasteiger partial charge >= 0.3 is 6.03 Å². The molecule has 26 heavy (non-hydrogen) atoms. The molecule has 1 aromatic heterocycles. The van der Waals surface area contributed by atoms with Crippen molar-refractivity contribution in [1.82, 2.24) is 20.4 Å². The first-order valence-corrected chi connectivity index (χ1v) is 9.99. The molecule has 0 atom stereocenters. The maximum Gasteiger partial charge on any atom is 0.317 e. The number of aromatic nitrogens is 2. The predicted octanol–water partition coefficient (Wildman–Crippen LogP) is 3.24. The van der Waals surface area contributed by atoms with Gasteiger partial charge in [0, 0.05) is 25.6 Å². The van der Waals surface area contributed by atoms with Crippen LogP contribution < -0.4 is 10.1 Å². The molecular weight excluding hydrogens is 348 g/mol. The molecule has 1 aromatic carbocycles. The molecule has 2 aromatic rings. The number of piperidine rings is 1. The molecule has 7 heteroatoms. The van der Waals surface area contributed by atoms with Crippen molar-refractivity contribution in [3.63, 3.8) is 0 Å². The standard InChI is InChI=1S/C19H26N4O2S/c1-3-17-21-22-18(26-17)15-9-12-23(13-10-15)19(24)20-11-8-14-4-6-16(25-2)7-5-14/h4-7,15H,3,8-13H2,1-2H3,(H,20,24). The number of urea groups is 1. The van der Waals surface area contributed by atoms with Gasteiger partial charge in [-0.3, -0.25) is 0 Å². The normalized spacial score (nSPS) is 15.1. The zero-order chi connectivity index (χ0) is 18.4. The lowest BCUT2D eigenvalue weighted by Crippen LogP contribution is -2.44. The Morgan fingerprint density at radius 2 is 2.00 bits per heavy atom. The number of carbonyl (C=O) groups is 1. The molecule has 2 amide bonds. The van der Waals surface area contributed by atoms with E-state index in [4.69, 9.17) is 4.74 Å². The van der Waals surface area contributed by atoms with Crippen molar-refractivity contribution in [2.24, 2.45) is 0 Å². The third kappa shape index (κ3) is 4.72. The first kappa shape index (κ1) is 18.6. The molecule has 1 saturated heterocycles. The van der Waals surface area contributed by atoms with E-state index in [0.29, 0.717) is 12.5 Å². The van der Waals surface area contributed by atoms with E-state index < -0.39 is 0 Å². The highest BCUT2D eigenvalue weighted by molar-refractivity contribution is 7.11. The lowest BCUT2D eigenvalue weighted by atomic mass is 9.98. The number of carbonyl (C=O) groups excluding carboxylic acids is 1. The summed E-state index contributed by atoms with van der Waals surface area (Å²) >= 11 is 1.71. The summed E-state index contributed by atoms with van der Waals surface area (Å²) in [4.78, 5) is 14.3. The van der Waals surface area contributed by atoms with E-state index in [1.807, 2.05) is 29.2 Å². The van der Waals surface area contributed by atoms with Gasteiger partial charge in [0.2, 0.25) is 0 Å². The van der Waals surface area contributed by atoms with Crippen molar-refractivity contribution < 1.29 is 9.53 Å². The van der Waals surface area contributed by atoms with E-state index in [2.05, 4.69) is 22.4 Å². The molecule has 0 saturated carbocycles. The number of hydrogen-bond acceptors (Lipinski definition) is 5. The number of rotatable bonds is 6. The van der Waals surface area contributed by atoms with Crippen molar-refractivity contribution in [2.75, 3.05) is 26.7 Å². The highest BCUT2D eigenvalue weighted by Crippen LogP contribution is 2.30. The Morgan fingerprint density at radius 3 is 2.62 bits per heavy atom. The monoisotopic (exact) mass is 374 g/mol. The second kappa shape index (κ2) is 8.98. The van der Waals surface area contributed by atoms with Crippen LogP contribution in [-0.2, 0) is 12.8 Å². The van der Waals surface area contributed by atoms with Gasteiger partial charge in [0.25, 0.3) is 0 Å². The summed E-state index contributed by atoms with van der Waals surface area (Å²) in [5.41, 5.74) is 1.19. The topological polar surface area (TPSA) is 67.4 Å². The number of hydrogen-bond donors (Lipinski definition) is 1. The molecule has 6 nitrogen and oxygen atoms in total. The van der Waals surface area contributed by atoms with E-state index in [0.717, 1.165) is 54.5 Å².